The normalized spacial score (nSPS) is 35.6. The first-order valence-electron chi connectivity index (χ1n) is 6.58. The Labute approximate surface area is 107 Å². The fraction of sp³-hybridized carbons (Fsp3) is 0.846. The third kappa shape index (κ3) is 3.02. The van der Waals surface area contributed by atoms with Crippen LogP contribution in [0.15, 0.2) is 0 Å². The zero-order valence-corrected chi connectivity index (χ0v) is 10.8. The number of hydrogen-bond donors (Lipinski definition) is 2. The van der Waals surface area contributed by atoms with Crippen molar-refractivity contribution in [2.75, 3.05) is 19.8 Å². The quantitative estimate of drug-likeness (QED) is 0.786. The molecule has 0 spiro atoms. The minimum atomic E-state index is -0.776. The number of carboxylic acid groups (broad SMARTS) is 1. The van der Waals surface area contributed by atoms with Crippen LogP contribution in [0, 0.1) is 17.3 Å². The van der Waals surface area contributed by atoms with Crippen LogP contribution in [-0.2, 0) is 14.3 Å². The lowest BCUT2D eigenvalue weighted by Gasteiger charge is -2.23. The van der Waals surface area contributed by atoms with Gasteiger partial charge in [-0.05, 0) is 25.7 Å². The maximum absolute atomic E-state index is 12.0. The van der Waals surface area contributed by atoms with Gasteiger partial charge >= 0.3 is 5.97 Å². The summed E-state index contributed by atoms with van der Waals surface area (Å²) in [6, 6.07) is 0. The van der Waals surface area contributed by atoms with Crippen LogP contribution in [0.2, 0.25) is 0 Å². The highest BCUT2D eigenvalue weighted by Gasteiger charge is 2.35. The Morgan fingerprint density at radius 2 is 2.11 bits per heavy atom. The van der Waals surface area contributed by atoms with Crippen molar-refractivity contribution in [1.29, 1.82) is 0 Å². The Morgan fingerprint density at radius 3 is 2.67 bits per heavy atom. The van der Waals surface area contributed by atoms with Crippen LogP contribution in [0.5, 0.6) is 0 Å². The minimum Gasteiger partial charge on any atom is -0.481 e. The third-order valence-electron chi connectivity index (χ3n) is 4.14. The molecule has 5 heteroatoms. The molecule has 0 radical (unpaired) electrons. The lowest BCUT2D eigenvalue weighted by atomic mass is 9.90. The highest BCUT2D eigenvalue weighted by molar-refractivity contribution is 5.80. The summed E-state index contributed by atoms with van der Waals surface area (Å²) in [5.74, 6) is -1.24. The predicted molar refractivity (Wildman–Crippen MR) is 65.0 cm³/mol. The molecule has 1 saturated carbocycles. The molecular weight excluding hydrogens is 234 g/mol. The van der Waals surface area contributed by atoms with E-state index in [1.54, 1.807) is 0 Å². The second-order valence-electron chi connectivity index (χ2n) is 5.88. The van der Waals surface area contributed by atoms with Crippen LogP contribution in [0.3, 0.4) is 0 Å². The average Bonchev–Trinajstić information content (AvgIpc) is 2.95. The molecule has 18 heavy (non-hydrogen) atoms. The van der Waals surface area contributed by atoms with E-state index in [2.05, 4.69) is 12.2 Å². The van der Waals surface area contributed by atoms with Crippen molar-refractivity contribution in [2.24, 2.45) is 17.3 Å². The number of carboxylic acids is 1. The molecule has 102 valence electrons. The molecule has 2 N–H and O–H groups in total. The molecule has 5 nitrogen and oxygen atoms in total. The van der Waals surface area contributed by atoms with Gasteiger partial charge < -0.3 is 15.2 Å². The highest BCUT2D eigenvalue weighted by atomic mass is 16.5. The summed E-state index contributed by atoms with van der Waals surface area (Å²) in [6.07, 6.45) is 2.76. The number of amides is 1. The largest absolute Gasteiger partial charge is 0.481 e. The molecule has 2 fully saturated rings. The van der Waals surface area contributed by atoms with Crippen LogP contribution < -0.4 is 5.32 Å². The van der Waals surface area contributed by atoms with Crippen LogP contribution in [0.1, 0.15) is 32.6 Å². The lowest BCUT2D eigenvalue weighted by Crippen LogP contribution is -2.38. The summed E-state index contributed by atoms with van der Waals surface area (Å²) in [5.41, 5.74) is 0.0421. The summed E-state index contributed by atoms with van der Waals surface area (Å²) in [6.45, 7) is 4.18. The number of rotatable bonds is 4. The van der Waals surface area contributed by atoms with Gasteiger partial charge in [0.2, 0.25) is 5.91 Å². The van der Waals surface area contributed by atoms with Crippen LogP contribution in [0.25, 0.3) is 0 Å². The first kappa shape index (κ1) is 13.3. The molecular formula is C13H21NO4. The maximum atomic E-state index is 12.0. The molecule has 0 bridgehead atoms. The number of ether oxygens (including phenoxy) is 1. The molecule has 0 aromatic heterocycles. The van der Waals surface area contributed by atoms with Gasteiger partial charge in [-0.25, -0.2) is 0 Å². The molecule has 2 aliphatic rings. The van der Waals surface area contributed by atoms with E-state index in [0.29, 0.717) is 32.4 Å². The second kappa shape index (κ2) is 5.26. The molecule has 1 unspecified atom stereocenters. The van der Waals surface area contributed by atoms with Crippen molar-refractivity contribution in [3.63, 3.8) is 0 Å². The second-order valence-corrected chi connectivity index (χ2v) is 5.88. The van der Waals surface area contributed by atoms with E-state index in [-0.39, 0.29) is 23.2 Å². The number of carbonyl (C=O) groups is 2. The van der Waals surface area contributed by atoms with Gasteiger partial charge in [0, 0.05) is 24.5 Å². The van der Waals surface area contributed by atoms with Crippen molar-refractivity contribution in [3.8, 4) is 0 Å². The van der Waals surface area contributed by atoms with Gasteiger partial charge in [-0.3, -0.25) is 9.59 Å². The number of aliphatic carboxylic acids is 1. The standard InChI is InChI=1S/C13H21NO4/c1-13(4-5-18-8-13)7-14-11(15)9-2-3-10(6-9)12(16)17/h9-10H,2-8H2,1H3,(H,14,15)(H,16,17)/t9-,10+,13?/m1/s1. The first-order chi connectivity index (χ1) is 8.50. The Morgan fingerprint density at radius 1 is 1.39 bits per heavy atom. The molecule has 1 aliphatic carbocycles. The van der Waals surface area contributed by atoms with Crippen molar-refractivity contribution in [2.45, 2.75) is 32.6 Å². The fourth-order valence-electron chi connectivity index (χ4n) is 2.74. The van der Waals surface area contributed by atoms with Crippen molar-refractivity contribution < 1.29 is 19.4 Å². The number of carbonyl (C=O) groups excluding carboxylic acids is 1. The average molecular weight is 255 g/mol. The molecule has 1 heterocycles. The van der Waals surface area contributed by atoms with Gasteiger partial charge in [0.15, 0.2) is 0 Å². The van der Waals surface area contributed by atoms with Crippen LogP contribution in [0.4, 0.5) is 0 Å². The van der Waals surface area contributed by atoms with E-state index in [4.69, 9.17) is 9.84 Å². The van der Waals surface area contributed by atoms with E-state index in [1.165, 1.54) is 0 Å². The van der Waals surface area contributed by atoms with Crippen LogP contribution in [-0.4, -0.2) is 36.7 Å². The molecule has 2 rings (SSSR count). The Hall–Kier alpha value is -1.10. The van der Waals surface area contributed by atoms with E-state index in [1.807, 2.05) is 0 Å². The van der Waals surface area contributed by atoms with Gasteiger partial charge in [0.25, 0.3) is 0 Å². The van der Waals surface area contributed by atoms with Crippen molar-refractivity contribution >= 4 is 11.9 Å². The smallest absolute Gasteiger partial charge is 0.306 e. The van der Waals surface area contributed by atoms with Gasteiger partial charge in [0.1, 0.15) is 0 Å². The van der Waals surface area contributed by atoms with E-state index >= 15 is 0 Å². The summed E-state index contributed by atoms with van der Waals surface area (Å²) in [4.78, 5) is 22.8. The van der Waals surface area contributed by atoms with Gasteiger partial charge in [-0.1, -0.05) is 6.92 Å². The van der Waals surface area contributed by atoms with Crippen LogP contribution >= 0.6 is 0 Å². The molecule has 1 saturated heterocycles. The predicted octanol–water partition coefficient (Wildman–Crippen LogP) is 1.03. The highest BCUT2D eigenvalue weighted by Crippen LogP contribution is 2.32. The summed E-state index contributed by atoms with van der Waals surface area (Å²) in [5, 5.41) is 11.9. The summed E-state index contributed by atoms with van der Waals surface area (Å²) >= 11 is 0. The number of nitrogens with one attached hydrogen (secondary N) is 1. The fourth-order valence-corrected chi connectivity index (χ4v) is 2.74. The third-order valence-corrected chi connectivity index (χ3v) is 4.14. The minimum absolute atomic E-state index is 0.00637. The topological polar surface area (TPSA) is 75.6 Å². The van der Waals surface area contributed by atoms with Gasteiger partial charge in [0.05, 0.1) is 12.5 Å². The SMILES string of the molecule is CC1(CNC(=O)[C@@H]2CC[C@H](C(=O)O)C2)CCOC1. The first-order valence-corrected chi connectivity index (χ1v) is 6.58. The Kier molecular flexibility index (Phi) is 3.90. The maximum Gasteiger partial charge on any atom is 0.306 e. The van der Waals surface area contributed by atoms with Crippen molar-refractivity contribution in [3.05, 3.63) is 0 Å². The zero-order chi connectivity index (χ0) is 13.2. The van der Waals surface area contributed by atoms with Gasteiger partial charge in [-0.2, -0.15) is 0 Å². The Balaban J connectivity index is 1.77. The molecule has 1 aliphatic heterocycles. The van der Waals surface area contributed by atoms with E-state index in [9.17, 15) is 9.59 Å². The monoisotopic (exact) mass is 255 g/mol. The summed E-state index contributed by atoms with van der Waals surface area (Å²) in [7, 11) is 0. The lowest BCUT2D eigenvalue weighted by molar-refractivity contribution is -0.141. The molecule has 0 aromatic rings. The molecule has 3 atom stereocenters. The van der Waals surface area contributed by atoms with E-state index in [0.717, 1.165) is 13.0 Å². The zero-order valence-electron chi connectivity index (χ0n) is 10.8. The van der Waals surface area contributed by atoms with E-state index < -0.39 is 5.97 Å². The number of hydrogen-bond acceptors (Lipinski definition) is 3. The molecule has 0 aromatic carbocycles. The van der Waals surface area contributed by atoms with Gasteiger partial charge in [-0.15, -0.1) is 0 Å². The summed E-state index contributed by atoms with van der Waals surface area (Å²) < 4.78 is 5.34. The van der Waals surface area contributed by atoms with Crippen molar-refractivity contribution in [1.82, 2.24) is 5.32 Å². The Bertz CT molecular complexity index is 336. The molecule has 1 amide bonds.